The van der Waals surface area contributed by atoms with E-state index in [4.69, 9.17) is 27.9 Å². The molecule has 0 saturated carbocycles. The van der Waals surface area contributed by atoms with E-state index in [1.807, 2.05) is 0 Å². The fourth-order valence-corrected chi connectivity index (χ4v) is 2.59. The zero-order valence-electron chi connectivity index (χ0n) is 12.0. The Bertz CT molecular complexity index is 707. The largest absolute Gasteiger partial charge is 0.494 e. The summed E-state index contributed by atoms with van der Waals surface area (Å²) >= 11 is 12.0. The van der Waals surface area contributed by atoms with Crippen LogP contribution < -0.4 is 10.1 Å². The second-order valence-corrected chi connectivity index (χ2v) is 5.55. The highest BCUT2D eigenvalue weighted by molar-refractivity contribution is 6.35. The van der Waals surface area contributed by atoms with E-state index in [1.165, 1.54) is 19.2 Å². The summed E-state index contributed by atoms with van der Waals surface area (Å²) in [5.41, 5.74) is 0.934. The van der Waals surface area contributed by atoms with Crippen molar-refractivity contribution in [2.75, 3.05) is 7.11 Å². The Morgan fingerprint density at radius 3 is 2.55 bits per heavy atom. The summed E-state index contributed by atoms with van der Waals surface area (Å²) in [6, 6.07) is 8.72. The molecule has 6 heteroatoms. The molecule has 1 N–H and O–H groups in total. The zero-order chi connectivity index (χ0) is 16.3. The van der Waals surface area contributed by atoms with Gasteiger partial charge in [0.2, 0.25) is 0 Å². The van der Waals surface area contributed by atoms with Crippen LogP contribution in [0.4, 0.5) is 4.39 Å². The van der Waals surface area contributed by atoms with Crippen molar-refractivity contribution in [3.8, 4) is 5.75 Å². The van der Waals surface area contributed by atoms with E-state index < -0.39 is 11.7 Å². The SMILES string of the molecule is COc1ccc(C(=O)N[C@@H](C)c2ccc(Cl)cc2Cl)cc1F. The normalized spacial score (nSPS) is 11.9. The lowest BCUT2D eigenvalue weighted by molar-refractivity contribution is 0.0939. The third-order valence-electron chi connectivity index (χ3n) is 3.19. The second-order valence-electron chi connectivity index (χ2n) is 4.71. The molecule has 0 bridgehead atoms. The molecule has 0 saturated heterocycles. The molecule has 1 amide bonds. The first-order chi connectivity index (χ1) is 10.4. The minimum absolute atomic E-state index is 0.0883. The van der Waals surface area contributed by atoms with Gasteiger partial charge in [0.15, 0.2) is 11.6 Å². The van der Waals surface area contributed by atoms with E-state index in [2.05, 4.69) is 5.32 Å². The first-order valence-electron chi connectivity index (χ1n) is 6.51. The predicted octanol–water partition coefficient (Wildman–Crippen LogP) is 4.63. The van der Waals surface area contributed by atoms with Gasteiger partial charge in [0.25, 0.3) is 5.91 Å². The number of halogens is 3. The Labute approximate surface area is 138 Å². The van der Waals surface area contributed by atoms with Crippen molar-refractivity contribution >= 4 is 29.1 Å². The molecule has 2 aromatic rings. The molecule has 0 aliphatic carbocycles. The molecular weight excluding hydrogens is 328 g/mol. The Kier molecular flexibility index (Phi) is 5.27. The van der Waals surface area contributed by atoms with Gasteiger partial charge in [-0.05, 0) is 42.8 Å². The molecule has 2 rings (SSSR count). The van der Waals surface area contributed by atoms with Gasteiger partial charge < -0.3 is 10.1 Å². The number of hydrogen-bond acceptors (Lipinski definition) is 2. The van der Waals surface area contributed by atoms with Crippen LogP contribution in [0, 0.1) is 5.82 Å². The van der Waals surface area contributed by atoms with Gasteiger partial charge in [-0.3, -0.25) is 4.79 Å². The van der Waals surface area contributed by atoms with Crippen LogP contribution in [-0.2, 0) is 0 Å². The molecule has 3 nitrogen and oxygen atoms in total. The molecule has 0 aromatic heterocycles. The summed E-state index contributed by atoms with van der Waals surface area (Å²) in [6.45, 7) is 1.78. The summed E-state index contributed by atoms with van der Waals surface area (Å²) < 4.78 is 18.5. The number of hydrogen-bond donors (Lipinski definition) is 1. The van der Waals surface area contributed by atoms with E-state index in [0.29, 0.717) is 10.0 Å². The molecule has 0 unspecified atom stereocenters. The first kappa shape index (κ1) is 16.6. The average molecular weight is 342 g/mol. The van der Waals surface area contributed by atoms with Crippen molar-refractivity contribution in [1.82, 2.24) is 5.32 Å². The molecule has 0 aliphatic rings. The predicted molar refractivity (Wildman–Crippen MR) is 85.3 cm³/mol. The van der Waals surface area contributed by atoms with Gasteiger partial charge in [-0.15, -0.1) is 0 Å². The quantitative estimate of drug-likeness (QED) is 0.880. The lowest BCUT2D eigenvalue weighted by Crippen LogP contribution is -2.26. The molecule has 1 atom stereocenters. The van der Waals surface area contributed by atoms with Gasteiger partial charge in [0, 0.05) is 15.6 Å². The smallest absolute Gasteiger partial charge is 0.251 e. The Hall–Kier alpha value is -1.78. The van der Waals surface area contributed by atoms with E-state index in [0.717, 1.165) is 11.6 Å². The Morgan fingerprint density at radius 1 is 1.23 bits per heavy atom. The first-order valence-corrected chi connectivity index (χ1v) is 7.27. The van der Waals surface area contributed by atoms with Crippen LogP contribution >= 0.6 is 23.2 Å². The minimum Gasteiger partial charge on any atom is -0.494 e. The number of rotatable bonds is 4. The van der Waals surface area contributed by atoms with Crippen molar-refractivity contribution < 1.29 is 13.9 Å². The molecule has 116 valence electrons. The van der Waals surface area contributed by atoms with Crippen molar-refractivity contribution in [2.45, 2.75) is 13.0 Å². The standard InChI is InChI=1S/C16H14Cl2FNO2/c1-9(12-5-4-11(17)8-13(12)18)20-16(21)10-3-6-15(22-2)14(19)7-10/h3-9H,1-2H3,(H,20,21)/t9-/m0/s1. The van der Waals surface area contributed by atoms with Gasteiger partial charge in [0.05, 0.1) is 13.2 Å². The molecule has 2 aromatic carbocycles. The van der Waals surface area contributed by atoms with E-state index in [-0.39, 0.29) is 17.4 Å². The number of carbonyl (C=O) groups excluding carboxylic acids is 1. The van der Waals surface area contributed by atoms with Crippen LogP contribution in [0.5, 0.6) is 5.75 Å². The highest BCUT2D eigenvalue weighted by Crippen LogP contribution is 2.26. The third kappa shape index (κ3) is 3.70. The lowest BCUT2D eigenvalue weighted by atomic mass is 10.1. The lowest BCUT2D eigenvalue weighted by Gasteiger charge is -2.16. The summed E-state index contributed by atoms with van der Waals surface area (Å²) in [7, 11) is 1.36. The summed E-state index contributed by atoms with van der Waals surface area (Å²) in [6.07, 6.45) is 0. The number of ether oxygens (including phenoxy) is 1. The fourth-order valence-electron chi connectivity index (χ4n) is 2.02. The van der Waals surface area contributed by atoms with Gasteiger partial charge in [0.1, 0.15) is 0 Å². The van der Waals surface area contributed by atoms with Crippen LogP contribution in [0.1, 0.15) is 28.9 Å². The van der Waals surface area contributed by atoms with Gasteiger partial charge >= 0.3 is 0 Å². The van der Waals surface area contributed by atoms with Crippen LogP contribution in [0.3, 0.4) is 0 Å². The zero-order valence-corrected chi connectivity index (χ0v) is 13.5. The second kappa shape index (κ2) is 6.99. The summed E-state index contributed by atoms with van der Waals surface area (Å²) in [4.78, 5) is 12.2. The van der Waals surface area contributed by atoms with E-state index >= 15 is 0 Å². The highest BCUT2D eigenvalue weighted by Gasteiger charge is 2.15. The molecule has 0 radical (unpaired) electrons. The maximum absolute atomic E-state index is 13.6. The molecular formula is C16H14Cl2FNO2. The topological polar surface area (TPSA) is 38.3 Å². The van der Waals surface area contributed by atoms with Crippen molar-refractivity contribution in [1.29, 1.82) is 0 Å². The number of nitrogens with one attached hydrogen (secondary N) is 1. The number of methoxy groups -OCH3 is 1. The van der Waals surface area contributed by atoms with Gasteiger partial charge in [-0.25, -0.2) is 4.39 Å². The van der Waals surface area contributed by atoms with E-state index in [9.17, 15) is 9.18 Å². The minimum atomic E-state index is -0.590. The summed E-state index contributed by atoms with van der Waals surface area (Å²) in [5.74, 6) is -0.905. The molecule has 0 fully saturated rings. The summed E-state index contributed by atoms with van der Waals surface area (Å²) in [5, 5.41) is 3.74. The van der Waals surface area contributed by atoms with Crippen LogP contribution in [0.25, 0.3) is 0 Å². The van der Waals surface area contributed by atoms with Crippen molar-refractivity contribution in [2.24, 2.45) is 0 Å². The number of carbonyl (C=O) groups is 1. The average Bonchev–Trinajstić information content (AvgIpc) is 2.46. The number of benzene rings is 2. The Morgan fingerprint density at radius 2 is 1.95 bits per heavy atom. The van der Waals surface area contributed by atoms with E-state index in [1.54, 1.807) is 25.1 Å². The van der Waals surface area contributed by atoms with Crippen molar-refractivity contribution in [3.05, 3.63) is 63.4 Å². The van der Waals surface area contributed by atoms with Gasteiger partial charge in [-0.2, -0.15) is 0 Å². The maximum Gasteiger partial charge on any atom is 0.251 e. The maximum atomic E-state index is 13.6. The fraction of sp³-hybridized carbons (Fsp3) is 0.188. The van der Waals surface area contributed by atoms with Crippen LogP contribution in [-0.4, -0.2) is 13.0 Å². The Balaban J connectivity index is 2.15. The van der Waals surface area contributed by atoms with Gasteiger partial charge in [-0.1, -0.05) is 29.3 Å². The highest BCUT2D eigenvalue weighted by atomic mass is 35.5. The monoisotopic (exact) mass is 341 g/mol. The third-order valence-corrected chi connectivity index (χ3v) is 3.75. The molecule has 22 heavy (non-hydrogen) atoms. The molecule has 0 spiro atoms. The molecule has 0 aliphatic heterocycles. The number of amides is 1. The van der Waals surface area contributed by atoms with Crippen LogP contribution in [0.15, 0.2) is 36.4 Å². The van der Waals surface area contributed by atoms with Crippen LogP contribution in [0.2, 0.25) is 10.0 Å². The van der Waals surface area contributed by atoms with Crippen molar-refractivity contribution in [3.63, 3.8) is 0 Å². The molecule has 0 heterocycles.